The molecule has 0 spiro atoms. The van der Waals surface area contributed by atoms with Gasteiger partial charge in [-0.05, 0) is 62.9 Å². The molecule has 0 saturated heterocycles. The molecular formula is C26H32N4O2. The highest BCUT2D eigenvalue weighted by Crippen LogP contribution is 2.26. The minimum atomic E-state index is -0.206. The van der Waals surface area contributed by atoms with Gasteiger partial charge in [-0.1, -0.05) is 49.6 Å². The average molecular weight is 433 g/mol. The minimum absolute atomic E-state index is 0.0220. The first-order chi connectivity index (χ1) is 15.7. The Labute approximate surface area is 188 Å². The number of hydrogen-bond acceptors (Lipinski definition) is 4. The van der Waals surface area contributed by atoms with Crippen molar-refractivity contribution in [2.45, 2.75) is 51.4 Å². The fraction of sp³-hybridized carbons (Fsp3) is 0.423. The van der Waals surface area contributed by atoms with Crippen molar-refractivity contribution in [3.63, 3.8) is 0 Å². The molecule has 1 saturated carbocycles. The zero-order chi connectivity index (χ0) is 22.2. The van der Waals surface area contributed by atoms with Crippen LogP contribution in [0.25, 0.3) is 22.0 Å². The number of fused-ring (bicyclic) bond motifs is 1. The second kappa shape index (κ2) is 11.0. The van der Waals surface area contributed by atoms with Gasteiger partial charge in [0.15, 0.2) is 0 Å². The van der Waals surface area contributed by atoms with Crippen LogP contribution in [0.15, 0.2) is 53.3 Å². The zero-order valence-corrected chi connectivity index (χ0v) is 18.5. The van der Waals surface area contributed by atoms with E-state index in [1.807, 2.05) is 42.5 Å². The van der Waals surface area contributed by atoms with Gasteiger partial charge < -0.3 is 10.6 Å². The maximum atomic E-state index is 12.4. The summed E-state index contributed by atoms with van der Waals surface area (Å²) in [5.74, 6) is 0.863. The van der Waals surface area contributed by atoms with Crippen molar-refractivity contribution in [2.24, 2.45) is 5.92 Å². The minimum Gasteiger partial charge on any atom is -0.326 e. The lowest BCUT2D eigenvalue weighted by Crippen LogP contribution is -2.25. The predicted molar refractivity (Wildman–Crippen MR) is 130 cm³/mol. The highest BCUT2D eigenvalue weighted by molar-refractivity contribution is 5.95. The molecule has 1 aromatic heterocycles. The molecule has 0 bridgehead atoms. The third-order valence-corrected chi connectivity index (χ3v) is 6.28. The fourth-order valence-electron chi connectivity index (χ4n) is 4.54. The van der Waals surface area contributed by atoms with Gasteiger partial charge in [-0.3, -0.25) is 9.59 Å². The first-order valence-corrected chi connectivity index (χ1v) is 11.8. The van der Waals surface area contributed by atoms with E-state index < -0.39 is 0 Å². The third kappa shape index (κ3) is 5.82. The van der Waals surface area contributed by atoms with Crippen LogP contribution in [0.5, 0.6) is 0 Å². The molecule has 0 atom stereocenters. The molecule has 1 aliphatic rings. The Morgan fingerprint density at radius 1 is 1.00 bits per heavy atom. The first kappa shape index (κ1) is 22.2. The standard InChI is InChI=1S/C26H32N4O2/c31-24(15-6-7-16-27-18-19-9-2-1-3-10-19)28-21-12-8-11-20(17-21)25-22-13-4-5-14-23(22)26(32)30-29-25/h4-5,8,11-14,17,19,27H,1-3,6-7,9-10,15-16,18H2,(H,28,31)(H,30,32). The summed E-state index contributed by atoms with van der Waals surface area (Å²) in [5, 5.41) is 14.8. The van der Waals surface area contributed by atoms with Crippen molar-refractivity contribution in [3.8, 4) is 11.3 Å². The molecule has 6 nitrogen and oxygen atoms in total. The Kier molecular flexibility index (Phi) is 7.67. The van der Waals surface area contributed by atoms with E-state index in [0.29, 0.717) is 17.5 Å². The van der Waals surface area contributed by atoms with Gasteiger partial charge in [-0.25, -0.2) is 5.10 Å². The summed E-state index contributed by atoms with van der Waals surface area (Å²) < 4.78 is 0. The maximum absolute atomic E-state index is 12.4. The number of aromatic nitrogens is 2. The van der Waals surface area contributed by atoms with Crippen molar-refractivity contribution in [3.05, 3.63) is 58.9 Å². The van der Waals surface area contributed by atoms with E-state index in [4.69, 9.17) is 0 Å². The van der Waals surface area contributed by atoms with Crippen molar-refractivity contribution in [2.75, 3.05) is 18.4 Å². The number of unbranched alkanes of at least 4 members (excludes halogenated alkanes) is 1. The number of anilines is 1. The molecule has 1 heterocycles. The molecule has 0 radical (unpaired) electrons. The monoisotopic (exact) mass is 432 g/mol. The van der Waals surface area contributed by atoms with Crippen LogP contribution in [0.2, 0.25) is 0 Å². The van der Waals surface area contributed by atoms with Crippen LogP contribution in [0.4, 0.5) is 5.69 Å². The molecule has 1 fully saturated rings. The summed E-state index contributed by atoms with van der Waals surface area (Å²) in [5.41, 5.74) is 2.07. The number of nitrogens with zero attached hydrogens (tertiary/aromatic N) is 1. The Bertz CT molecular complexity index is 1100. The van der Waals surface area contributed by atoms with Gasteiger partial charge >= 0.3 is 0 Å². The molecule has 1 aliphatic carbocycles. The normalized spacial score (nSPS) is 14.5. The van der Waals surface area contributed by atoms with Crippen molar-refractivity contribution >= 4 is 22.4 Å². The van der Waals surface area contributed by atoms with Crippen LogP contribution >= 0.6 is 0 Å². The van der Waals surface area contributed by atoms with E-state index in [1.54, 1.807) is 6.07 Å². The first-order valence-electron chi connectivity index (χ1n) is 11.8. The Morgan fingerprint density at radius 3 is 2.66 bits per heavy atom. The molecule has 0 unspecified atom stereocenters. The third-order valence-electron chi connectivity index (χ3n) is 6.28. The number of carbonyl (C=O) groups is 1. The van der Waals surface area contributed by atoms with Gasteiger partial charge in [0.1, 0.15) is 0 Å². The van der Waals surface area contributed by atoms with Crippen LogP contribution in [-0.2, 0) is 4.79 Å². The van der Waals surface area contributed by atoms with Crippen LogP contribution in [0, 0.1) is 5.92 Å². The molecule has 2 aromatic carbocycles. The molecule has 4 rings (SSSR count). The number of carbonyl (C=O) groups excluding carboxylic acids is 1. The molecule has 3 N–H and O–H groups in total. The van der Waals surface area contributed by atoms with E-state index in [0.717, 1.165) is 48.5 Å². The average Bonchev–Trinajstić information content (AvgIpc) is 2.82. The molecule has 6 heteroatoms. The SMILES string of the molecule is O=C(CCCCNCC1CCCCC1)Nc1cccc(-c2n[nH]c(=O)c3ccccc23)c1. The number of aromatic amines is 1. The van der Waals surface area contributed by atoms with Crippen molar-refractivity contribution < 1.29 is 4.79 Å². The number of nitrogens with one attached hydrogen (secondary N) is 3. The smallest absolute Gasteiger partial charge is 0.272 e. The summed E-state index contributed by atoms with van der Waals surface area (Å²) in [6.45, 7) is 2.09. The Morgan fingerprint density at radius 2 is 1.81 bits per heavy atom. The van der Waals surface area contributed by atoms with Crippen LogP contribution in [0.3, 0.4) is 0 Å². The van der Waals surface area contributed by atoms with Crippen LogP contribution < -0.4 is 16.2 Å². The number of rotatable bonds is 9. The molecule has 168 valence electrons. The lowest BCUT2D eigenvalue weighted by atomic mass is 9.89. The van der Waals surface area contributed by atoms with E-state index in [1.165, 1.54) is 32.1 Å². The summed E-state index contributed by atoms with van der Waals surface area (Å²) >= 11 is 0. The molecule has 0 aliphatic heterocycles. The van der Waals surface area contributed by atoms with Crippen molar-refractivity contribution in [1.29, 1.82) is 0 Å². The molecular weight excluding hydrogens is 400 g/mol. The quantitative estimate of drug-likeness (QED) is 0.421. The van der Waals surface area contributed by atoms with Crippen molar-refractivity contribution in [1.82, 2.24) is 15.5 Å². The maximum Gasteiger partial charge on any atom is 0.272 e. The number of benzene rings is 2. The van der Waals surface area contributed by atoms with E-state index >= 15 is 0 Å². The van der Waals surface area contributed by atoms with Crippen LogP contribution in [-0.4, -0.2) is 29.2 Å². The lowest BCUT2D eigenvalue weighted by molar-refractivity contribution is -0.116. The Hall–Kier alpha value is -2.99. The summed E-state index contributed by atoms with van der Waals surface area (Å²) in [6, 6.07) is 15.0. The molecule has 3 aromatic rings. The van der Waals surface area contributed by atoms with Gasteiger partial charge in [0, 0.05) is 23.1 Å². The van der Waals surface area contributed by atoms with Gasteiger partial charge in [0.2, 0.25) is 5.91 Å². The topological polar surface area (TPSA) is 86.9 Å². The number of H-pyrrole nitrogens is 1. The summed E-state index contributed by atoms with van der Waals surface area (Å²) in [4.78, 5) is 24.4. The van der Waals surface area contributed by atoms with Gasteiger partial charge in [-0.2, -0.15) is 5.10 Å². The van der Waals surface area contributed by atoms with Crippen LogP contribution in [0.1, 0.15) is 51.4 Å². The lowest BCUT2D eigenvalue weighted by Gasteiger charge is -2.21. The second-order valence-electron chi connectivity index (χ2n) is 8.74. The largest absolute Gasteiger partial charge is 0.326 e. The van der Waals surface area contributed by atoms with E-state index in [2.05, 4.69) is 20.8 Å². The molecule has 32 heavy (non-hydrogen) atoms. The van der Waals surface area contributed by atoms with E-state index in [-0.39, 0.29) is 11.5 Å². The molecule has 1 amide bonds. The van der Waals surface area contributed by atoms with Gasteiger partial charge in [0.25, 0.3) is 5.56 Å². The summed E-state index contributed by atoms with van der Waals surface area (Å²) in [7, 11) is 0. The number of hydrogen-bond donors (Lipinski definition) is 3. The zero-order valence-electron chi connectivity index (χ0n) is 18.5. The highest BCUT2D eigenvalue weighted by atomic mass is 16.1. The van der Waals surface area contributed by atoms with Gasteiger partial charge in [-0.15, -0.1) is 0 Å². The van der Waals surface area contributed by atoms with E-state index in [9.17, 15) is 9.59 Å². The number of amides is 1. The predicted octanol–water partition coefficient (Wildman–Crippen LogP) is 4.87. The Balaban J connectivity index is 1.27. The van der Waals surface area contributed by atoms with Gasteiger partial charge in [0.05, 0.1) is 11.1 Å². The highest BCUT2D eigenvalue weighted by Gasteiger charge is 2.12. The summed E-state index contributed by atoms with van der Waals surface area (Å²) in [6.07, 6.45) is 9.26. The fourth-order valence-corrected chi connectivity index (χ4v) is 4.54. The second-order valence-corrected chi connectivity index (χ2v) is 8.74.